The number of unbranched alkanes of at least 4 members (excludes halogenated alkanes) is 1. The SMILES string of the molecule is [2H]S1(c2ccc3cc(OCCCC)ccc3c2)CCCC1. The monoisotopic (exact) mass is 289 g/mol. The van der Waals surface area contributed by atoms with E-state index in [1.165, 1.54) is 28.5 Å². The highest BCUT2D eigenvalue weighted by Crippen LogP contribution is 2.43. The third-order valence-electron chi connectivity index (χ3n) is 3.91. The fourth-order valence-corrected chi connectivity index (χ4v) is 5.03. The van der Waals surface area contributed by atoms with Crippen LogP contribution >= 0.6 is 10.8 Å². The number of benzene rings is 2. The molecule has 1 saturated heterocycles. The highest BCUT2D eigenvalue weighted by Gasteiger charge is 2.13. The summed E-state index contributed by atoms with van der Waals surface area (Å²) < 4.78 is 14.5. The lowest BCUT2D eigenvalue weighted by Crippen LogP contribution is -1.96. The van der Waals surface area contributed by atoms with E-state index in [1.807, 2.05) is 0 Å². The van der Waals surface area contributed by atoms with Crippen LogP contribution < -0.4 is 4.74 Å². The maximum atomic E-state index is 8.71. The van der Waals surface area contributed by atoms with E-state index in [-0.39, 0.29) is 0 Å². The van der Waals surface area contributed by atoms with Gasteiger partial charge < -0.3 is 4.74 Å². The van der Waals surface area contributed by atoms with E-state index < -0.39 is 10.8 Å². The van der Waals surface area contributed by atoms with Crippen molar-refractivity contribution in [1.82, 2.24) is 0 Å². The number of hydrogen-bond donors (Lipinski definition) is 1. The smallest absolute Gasteiger partial charge is 0.119 e. The molecule has 0 aliphatic carbocycles. The minimum Gasteiger partial charge on any atom is -0.494 e. The first-order chi connectivity index (χ1) is 10.2. The lowest BCUT2D eigenvalue weighted by Gasteiger charge is -2.15. The molecule has 20 heavy (non-hydrogen) atoms. The van der Waals surface area contributed by atoms with Gasteiger partial charge in [-0.15, -0.1) is 0 Å². The van der Waals surface area contributed by atoms with Crippen LogP contribution in [0, 0.1) is 0 Å². The maximum Gasteiger partial charge on any atom is 0.119 e. The van der Waals surface area contributed by atoms with Gasteiger partial charge in [-0.1, -0.05) is 25.5 Å². The Labute approximate surface area is 125 Å². The summed E-state index contributed by atoms with van der Waals surface area (Å²) in [6.07, 6.45) is 4.70. The number of ether oxygens (including phenoxy) is 1. The van der Waals surface area contributed by atoms with Crippen LogP contribution in [0.5, 0.6) is 5.75 Å². The van der Waals surface area contributed by atoms with Gasteiger partial charge in [-0.3, -0.25) is 0 Å². The highest BCUT2D eigenvalue weighted by atomic mass is 32.2. The zero-order valence-electron chi connectivity index (χ0n) is 13.2. The van der Waals surface area contributed by atoms with Crippen molar-refractivity contribution >= 4 is 21.6 Å². The molecule has 0 spiro atoms. The molecule has 0 atom stereocenters. The summed E-state index contributed by atoms with van der Waals surface area (Å²) in [5.74, 6) is 3.12. The normalized spacial score (nSPS) is 19.8. The molecule has 0 bridgehead atoms. The predicted molar refractivity (Wildman–Crippen MR) is 90.6 cm³/mol. The minimum atomic E-state index is -1.28. The Kier molecular flexibility index (Phi) is 4.11. The summed E-state index contributed by atoms with van der Waals surface area (Å²) in [7, 11) is -1.28. The summed E-state index contributed by atoms with van der Waals surface area (Å²) in [6.45, 7) is 2.97. The Morgan fingerprint density at radius 2 is 1.85 bits per heavy atom. The maximum absolute atomic E-state index is 8.71. The van der Waals surface area contributed by atoms with Crippen molar-refractivity contribution in [2.24, 2.45) is 0 Å². The van der Waals surface area contributed by atoms with E-state index in [0.29, 0.717) is 0 Å². The second kappa shape index (κ2) is 6.53. The van der Waals surface area contributed by atoms with Crippen LogP contribution in [-0.2, 0) is 0 Å². The molecule has 2 aromatic rings. The number of fused-ring (bicyclic) bond motifs is 1. The Bertz CT molecular complexity index is 620. The first kappa shape index (κ1) is 12.6. The molecule has 1 heterocycles. The van der Waals surface area contributed by atoms with Crippen molar-refractivity contribution in [3.63, 3.8) is 0 Å². The van der Waals surface area contributed by atoms with Crippen molar-refractivity contribution < 1.29 is 4.74 Å². The first-order valence-electron chi connectivity index (χ1n) is 8.12. The van der Waals surface area contributed by atoms with Gasteiger partial charge in [0.15, 0.2) is 0 Å². The standard InChI is InChI=1S/C18H24OS/c1-2-3-10-19-17-8-6-16-14-18(9-7-15(16)13-17)20-11-4-5-12-20/h6-9,13-14,20H,2-5,10-12H2,1H3/i20D. The molecule has 2 heteroatoms. The van der Waals surface area contributed by atoms with Gasteiger partial charge in [0.1, 0.15) is 5.75 Å². The van der Waals surface area contributed by atoms with Gasteiger partial charge in [0.25, 0.3) is 0 Å². The van der Waals surface area contributed by atoms with E-state index in [2.05, 4.69) is 43.3 Å². The highest BCUT2D eigenvalue weighted by molar-refractivity contribution is 8.17. The Morgan fingerprint density at radius 1 is 1.10 bits per heavy atom. The van der Waals surface area contributed by atoms with E-state index in [0.717, 1.165) is 36.7 Å². The van der Waals surface area contributed by atoms with Crippen molar-refractivity contribution in [3.8, 4) is 5.75 Å². The van der Waals surface area contributed by atoms with E-state index in [4.69, 9.17) is 5.86 Å². The van der Waals surface area contributed by atoms with Gasteiger partial charge >= 0.3 is 0 Å². The third-order valence-corrected chi connectivity index (χ3v) is 6.40. The number of rotatable bonds is 5. The van der Waals surface area contributed by atoms with E-state index in [1.54, 1.807) is 0 Å². The second-order valence-electron chi connectivity index (χ2n) is 5.48. The molecule has 3 rings (SSSR count). The van der Waals surface area contributed by atoms with Crippen LogP contribution in [0.1, 0.15) is 32.6 Å². The average molecular weight is 289 g/mol. The summed E-state index contributed by atoms with van der Waals surface area (Å²) in [4.78, 5) is 1.26. The topological polar surface area (TPSA) is 9.23 Å². The fourth-order valence-electron chi connectivity index (χ4n) is 2.70. The van der Waals surface area contributed by atoms with Gasteiger partial charge in [0, 0.05) is 0 Å². The van der Waals surface area contributed by atoms with Gasteiger partial charge in [-0.2, -0.15) is 0 Å². The summed E-state index contributed by atoms with van der Waals surface area (Å²) in [5, 5.41) is 2.45. The molecular formula is C18H24OS. The van der Waals surface area contributed by atoms with Crippen LogP contribution in [0.25, 0.3) is 10.8 Å². The lowest BCUT2D eigenvalue weighted by atomic mass is 10.1. The molecule has 0 unspecified atom stereocenters. The Morgan fingerprint density at radius 3 is 2.65 bits per heavy atom. The summed E-state index contributed by atoms with van der Waals surface area (Å²) in [6, 6.07) is 12.9. The molecule has 0 amide bonds. The van der Waals surface area contributed by atoms with E-state index in [9.17, 15) is 0 Å². The van der Waals surface area contributed by atoms with Crippen molar-refractivity contribution in [2.75, 3.05) is 18.1 Å². The van der Waals surface area contributed by atoms with Crippen LogP contribution in [-0.4, -0.2) is 19.2 Å². The number of hydrogen-bond acceptors (Lipinski definition) is 1. The van der Waals surface area contributed by atoms with Gasteiger partial charge in [-0.25, -0.2) is 10.8 Å². The van der Waals surface area contributed by atoms with Crippen molar-refractivity contribution in [1.29, 1.82) is 1.12 Å². The second-order valence-corrected chi connectivity index (χ2v) is 7.75. The van der Waals surface area contributed by atoms with Crippen LogP contribution in [0.2, 0.25) is 0 Å². The average Bonchev–Trinajstić information content (AvgIpc) is 2.95. The Balaban J connectivity index is 1.84. The van der Waals surface area contributed by atoms with E-state index >= 15 is 0 Å². The lowest BCUT2D eigenvalue weighted by molar-refractivity contribution is 0.310. The van der Waals surface area contributed by atoms with Gasteiger partial charge in [0.05, 0.1) is 7.73 Å². The molecule has 1 aliphatic heterocycles. The molecule has 2 aromatic carbocycles. The molecule has 0 radical (unpaired) electrons. The minimum absolute atomic E-state index is 0.792. The van der Waals surface area contributed by atoms with Crippen molar-refractivity contribution in [2.45, 2.75) is 37.5 Å². The molecule has 1 nitrogen and oxygen atoms in total. The van der Waals surface area contributed by atoms with Crippen LogP contribution in [0.3, 0.4) is 0 Å². The van der Waals surface area contributed by atoms with Crippen LogP contribution in [0.15, 0.2) is 41.3 Å². The first-order valence-corrected chi connectivity index (χ1v) is 9.27. The largest absolute Gasteiger partial charge is 0.494 e. The predicted octanol–water partition coefficient (Wildman–Crippen LogP) is 5.17. The molecule has 1 aliphatic rings. The molecule has 0 aromatic heterocycles. The zero-order valence-corrected chi connectivity index (χ0v) is 13.0. The van der Waals surface area contributed by atoms with Gasteiger partial charge in [-0.05, 0) is 70.7 Å². The van der Waals surface area contributed by atoms with Gasteiger partial charge in [0.2, 0.25) is 0 Å². The molecule has 0 N–H and O–H groups in total. The molecule has 108 valence electrons. The molecule has 1 fully saturated rings. The van der Waals surface area contributed by atoms with Crippen LogP contribution in [0.4, 0.5) is 0 Å². The molecular weight excluding hydrogens is 264 g/mol. The summed E-state index contributed by atoms with van der Waals surface area (Å²) >= 11 is 0. The van der Waals surface area contributed by atoms with Crippen molar-refractivity contribution in [3.05, 3.63) is 36.4 Å². The molecule has 0 saturated carbocycles. The quantitative estimate of drug-likeness (QED) is 0.590. The third kappa shape index (κ3) is 3.12. The summed E-state index contributed by atoms with van der Waals surface area (Å²) in [5.41, 5.74) is 0. The fraction of sp³-hybridized carbons (Fsp3) is 0.444. The number of thiol groups is 1. The Hall–Kier alpha value is -1.15. The zero-order chi connectivity index (χ0) is 14.7.